The highest BCUT2D eigenvalue weighted by molar-refractivity contribution is 6.30. The van der Waals surface area contributed by atoms with E-state index in [1.165, 1.54) is 0 Å². The Bertz CT molecular complexity index is 983. The van der Waals surface area contributed by atoms with E-state index in [0.717, 1.165) is 17.3 Å². The van der Waals surface area contributed by atoms with Crippen molar-refractivity contribution in [2.75, 3.05) is 31.5 Å². The second-order valence-electron chi connectivity index (χ2n) is 6.84. The van der Waals surface area contributed by atoms with Crippen LogP contribution < -0.4 is 5.32 Å². The van der Waals surface area contributed by atoms with E-state index in [4.69, 9.17) is 11.6 Å². The number of carbonyl (C=O) groups is 2. The molecule has 4 rings (SSSR count). The summed E-state index contributed by atoms with van der Waals surface area (Å²) in [6.45, 7) is 2.20. The normalized spacial score (nSPS) is 14.8. The van der Waals surface area contributed by atoms with Gasteiger partial charge in [0.05, 0.1) is 0 Å². The topological polar surface area (TPSA) is 68.4 Å². The number of H-pyrrole nitrogens is 1. The van der Waals surface area contributed by atoms with Crippen LogP contribution in [0.5, 0.6) is 0 Å². The molecular weight excluding hydrogens is 376 g/mol. The lowest BCUT2D eigenvalue weighted by molar-refractivity contribution is 0.0758. The van der Waals surface area contributed by atoms with E-state index in [-0.39, 0.29) is 11.9 Å². The summed E-state index contributed by atoms with van der Waals surface area (Å²) in [5, 5.41) is 4.46. The van der Waals surface area contributed by atoms with Crippen LogP contribution >= 0.6 is 11.6 Å². The maximum Gasteiger partial charge on any atom is 0.321 e. The van der Waals surface area contributed by atoms with E-state index >= 15 is 0 Å². The molecule has 2 heterocycles. The highest BCUT2D eigenvalue weighted by Crippen LogP contribution is 2.18. The van der Waals surface area contributed by atoms with Gasteiger partial charge in [0.15, 0.2) is 0 Å². The Morgan fingerprint density at radius 1 is 0.929 bits per heavy atom. The number of carbonyl (C=O) groups excluding carboxylic acids is 2. The molecule has 0 bridgehead atoms. The summed E-state index contributed by atoms with van der Waals surface area (Å²) in [7, 11) is 0. The van der Waals surface area contributed by atoms with Crippen LogP contribution in [0.25, 0.3) is 10.9 Å². The molecular formula is C21H21ClN4O2. The second-order valence-corrected chi connectivity index (χ2v) is 7.28. The van der Waals surface area contributed by atoms with Crippen molar-refractivity contribution in [3.63, 3.8) is 0 Å². The van der Waals surface area contributed by atoms with Gasteiger partial charge in [0, 0.05) is 47.8 Å². The predicted octanol–water partition coefficient (Wildman–Crippen LogP) is 4.20. The highest BCUT2D eigenvalue weighted by Gasteiger charge is 2.23. The van der Waals surface area contributed by atoms with Crippen molar-refractivity contribution in [3.8, 4) is 0 Å². The van der Waals surface area contributed by atoms with Crippen LogP contribution in [-0.2, 0) is 0 Å². The number of nitrogens with zero attached hydrogens (tertiary/aromatic N) is 2. The van der Waals surface area contributed by atoms with Crippen LogP contribution in [0.4, 0.5) is 10.5 Å². The summed E-state index contributed by atoms with van der Waals surface area (Å²) in [4.78, 5) is 32.2. The Morgan fingerprint density at radius 3 is 2.54 bits per heavy atom. The number of aromatic nitrogens is 1. The molecule has 3 amide bonds. The minimum Gasteiger partial charge on any atom is -0.351 e. The van der Waals surface area contributed by atoms with Crippen LogP contribution in [-0.4, -0.2) is 52.9 Å². The Morgan fingerprint density at radius 2 is 1.71 bits per heavy atom. The van der Waals surface area contributed by atoms with E-state index in [1.807, 2.05) is 30.3 Å². The number of aromatic amines is 1. The largest absolute Gasteiger partial charge is 0.351 e. The summed E-state index contributed by atoms with van der Waals surface area (Å²) < 4.78 is 0. The van der Waals surface area contributed by atoms with Gasteiger partial charge in [-0.05, 0) is 36.8 Å². The van der Waals surface area contributed by atoms with Gasteiger partial charge in [-0.15, -0.1) is 0 Å². The van der Waals surface area contributed by atoms with Gasteiger partial charge in [0.2, 0.25) is 0 Å². The van der Waals surface area contributed by atoms with Crippen LogP contribution in [0, 0.1) is 0 Å². The predicted molar refractivity (Wildman–Crippen MR) is 111 cm³/mol. The molecule has 7 heteroatoms. The van der Waals surface area contributed by atoms with Crippen molar-refractivity contribution in [1.29, 1.82) is 0 Å². The molecule has 1 aromatic heterocycles. The lowest BCUT2D eigenvalue weighted by Gasteiger charge is -2.22. The average molecular weight is 397 g/mol. The first-order chi connectivity index (χ1) is 13.6. The molecule has 1 saturated heterocycles. The van der Waals surface area contributed by atoms with Crippen LogP contribution in [0.1, 0.15) is 16.9 Å². The summed E-state index contributed by atoms with van der Waals surface area (Å²) in [6.07, 6.45) is 0.731. The highest BCUT2D eigenvalue weighted by atomic mass is 35.5. The first-order valence-corrected chi connectivity index (χ1v) is 9.66. The molecule has 0 atom stereocenters. The molecule has 1 aliphatic heterocycles. The number of hydrogen-bond donors (Lipinski definition) is 2. The number of nitrogens with one attached hydrogen (secondary N) is 2. The SMILES string of the molecule is O=C(Nc1cccc(Cl)c1)N1CCCN(C(=O)c2cc3ccccc3[nH]2)CC1. The lowest BCUT2D eigenvalue weighted by atomic mass is 10.2. The fourth-order valence-electron chi connectivity index (χ4n) is 3.45. The third-order valence-corrected chi connectivity index (χ3v) is 5.14. The number of urea groups is 1. The van der Waals surface area contributed by atoms with Gasteiger partial charge >= 0.3 is 6.03 Å². The molecule has 0 unspecified atom stereocenters. The molecule has 2 N–H and O–H groups in total. The minimum atomic E-state index is -0.179. The van der Waals surface area contributed by atoms with Crippen molar-refractivity contribution >= 4 is 40.1 Å². The number of hydrogen-bond acceptors (Lipinski definition) is 2. The van der Waals surface area contributed by atoms with Crippen molar-refractivity contribution in [2.24, 2.45) is 0 Å². The second kappa shape index (κ2) is 7.94. The lowest BCUT2D eigenvalue weighted by Crippen LogP contribution is -2.39. The number of halogens is 1. The Balaban J connectivity index is 1.40. The van der Waals surface area contributed by atoms with Gasteiger partial charge in [0.25, 0.3) is 5.91 Å². The van der Waals surface area contributed by atoms with Gasteiger partial charge in [-0.1, -0.05) is 35.9 Å². The summed E-state index contributed by atoms with van der Waals surface area (Å²) in [5.74, 6) is -0.0340. The quantitative estimate of drug-likeness (QED) is 0.681. The van der Waals surface area contributed by atoms with E-state index in [0.29, 0.717) is 42.6 Å². The van der Waals surface area contributed by atoms with Gasteiger partial charge in [0.1, 0.15) is 5.69 Å². The number of rotatable bonds is 2. The monoisotopic (exact) mass is 396 g/mol. The first kappa shape index (κ1) is 18.4. The smallest absolute Gasteiger partial charge is 0.321 e. The molecule has 2 aromatic carbocycles. The Labute approximate surface area is 168 Å². The van der Waals surface area contributed by atoms with Crippen LogP contribution in [0.2, 0.25) is 5.02 Å². The number of benzene rings is 2. The standard InChI is InChI=1S/C21H21ClN4O2/c22-16-6-3-7-17(14-16)23-21(28)26-10-4-9-25(11-12-26)20(27)19-13-15-5-1-2-8-18(15)24-19/h1-3,5-8,13-14,24H,4,9-12H2,(H,23,28). The van der Waals surface area contributed by atoms with Crippen molar-refractivity contribution < 1.29 is 9.59 Å². The molecule has 6 nitrogen and oxygen atoms in total. The number of anilines is 1. The molecule has 1 fully saturated rings. The fourth-order valence-corrected chi connectivity index (χ4v) is 3.64. The average Bonchev–Trinajstić information content (AvgIpc) is 2.96. The molecule has 3 aromatic rings. The summed E-state index contributed by atoms with van der Waals surface area (Å²) in [6, 6.07) is 16.6. The van der Waals surface area contributed by atoms with Gasteiger partial charge in [-0.3, -0.25) is 4.79 Å². The molecule has 0 radical (unpaired) electrons. The zero-order valence-electron chi connectivity index (χ0n) is 15.3. The maximum absolute atomic E-state index is 12.9. The summed E-state index contributed by atoms with van der Waals surface area (Å²) >= 11 is 5.97. The number of amides is 3. The van der Waals surface area contributed by atoms with E-state index in [2.05, 4.69) is 10.3 Å². The van der Waals surface area contributed by atoms with Crippen molar-refractivity contribution in [1.82, 2.24) is 14.8 Å². The first-order valence-electron chi connectivity index (χ1n) is 9.29. The van der Waals surface area contributed by atoms with Crippen LogP contribution in [0.15, 0.2) is 54.6 Å². The van der Waals surface area contributed by atoms with Gasteiger partial charge in [-0.25, -0.2) is 4.79 Å². The third kappa shape index (κ3) is 3.97. The van der Waals surface area contributed by atoms with E-state index < -0.39 is 0 Å². The fraction of sp³-hybridized carbons (Fsp3) is 0.238. The van der Waals surface area contributed by atoms with Gasteiger partial charge in [-0.2, -0.15) is 0 Å². The zero-order chi connectivity index (χ0) is 19.5. The minimum absolute atomic E-state index is 0.0340. The van der Waals surface area contributed by atoms with E-state index in [1.54, 1.807) is 34.1 Å². The molecule has 1 aliphatic rings. The molecule has 28 heavy (non-hydrogen) atoms. The Kier molecular flexibility index (Phi) is 5.21. The third-order valence-electron chi connectivity index (χ3n) is 4.91. The molecule has 0 saturated carbocycles. The number of fused-ring (bicyclic) bond motifs is 1. The van der Waals surface area contributed by atoms with Crippen molar-refractivity contribution in [3.05, 3.63) is 65.3 Å². The van der Waals surface area contributed by atoms with E-state index in [9.17, 15) is 9.59 Å². The molecule has 0 aliphatic carbocycles. The van der Waals surface area contributed by atoms with Gasteiger partial charge < -0.3 is 20.1 Å². The Hall–Kier alpha value is -2.99. The van der Waals surface area contributed by atoms with Crippen LogP contribution in [0.3, 0.4) is 0 Å². The van der Waals surface area contributed by atoms with Crippen molar-refractivity contribution in [2.45, 2.75) is 6.42 Å². The zero-order valence-corrected chi connectivity index (χ0v) is 16.1. The molecule has 144 valence electrons. The summed E-state index contributed by atoms with van der Waals surface area (Å²) in [5.41, 5.74) is 2.19. The molecule has 0 spiro atoms. The number of para-hydroxylation sites is 1. The maximum atomic E-state index is 12.9.